The van der Waals surface area contributed by atoms with Gasteiger partial charge in [0.1, 0.15) is 6.04 Å². The number of allylic oxidation sites excluding steroid dienone is 1. The van der Waals surface area contributed by atoms with E-state index in [1.54, 1.807) is 6.08 Å². The molecule has 0 aromatic carbocycles. The van der Waals surface area contributed by atoms with E-state index in [1.165, 1.54) is 0 Å². The molecule has 3 fully saturated rings. The summed E-state index contributed by atoms with van der Waals surface area (Å²) in [6.07, 6.45) is 6.61. The third-order valence-electron chi connectivity index (χ3n) is 9.24. The molecule has 0 radical (unpaired) electrons. The fourth-order valence-electron chi connectivity index (χ4n) is 7.50. The Labute approximate surface area is 179 Å². The first-order valence-corrected chi connectivity index (χ1v) is 11.5. The number of nitroso groups, excluding NO2 is 1. The van der Waals surface area contributed by atoms with Crippen molar-refractivity contribution in [1.82, 2.24) is 0 Å². The molecule has 1 unspecified atom stereocenters. The van der Waals surface area contributed by atoms with Gasteiger partial charge in [0, 0.05) is 23.7 Å². The van der Waals surface area contributed by atoms with E-state index < -0.39 is 27.4 Å². The van der Waals surface area contributed by atoms with E-state index in [0.29, 0.717) is 25.7 Å². The zero-order valence-corrected chi connectivity index (χ0v) is 18.7. The number of rotatable bonds is 4. The van der Waals surface area contributed by atoms with Gasteiger partial charge in [-0.3, -0.25) is 9.59 Å². The largest absolute Gasteiger partial charge is 0.481 e. The first-order valence-electron chi connectivity index (χ1n) is 10.7. The van der Waals surface area contributed by atoms with Gasteiger partial charge in [0.15, 0.2) is 5.78 Å². The number of alkyl halides is 1. The van der Waals surface area contributed by atoms with Gasteiger partial charge < -0.3 is 10.2 Å². The number of nitrogens with zero attached hydrogens (tertiary/aromatic N) is 1. The second-order valence-electron chi connectivity index (χ2n) is 10.2. The summed E-state index contributed by atoms with van der Waals surface area (Å²) in [5, 5.41) is 24.3. The number of aliphatic carboxylic acids is 1. The van der Waals surface area contributed by atoms with Crippen LogP contribution >= 0.6 is 15.9 Å². The molecule has 6 nitrogen and oxygen atoms in total. The number of aliphatic hydroxyl groups is 1. The van der Waals surface area contributed by atoms with Crippen LogP contribution in [-0.2, 0) is 9.59 Å². The number of carbonyl (C=O) groups is 2. The average Bonchev–Trinajstić information content (AvgIpc) is 2.92. The molecule has 3 saturated carbocycles. The van der Waals surface area contributed by atoms with Crippen molar-refractivity contribution in [2.75, 3.05) is 0 Å². The third-order valence-corrected chi connectivity index (χ3v) is 11.2. The lowest BCUT2D eigenvalue weighted by Crippen LogP contribution is -2.67. The Hall–Kier alpha value is -1.08. The summed E-state index contributed by atoms with van der Waals surface area (Å²) in [7, 11) is 0. The maximum absolute atomic E-state index is 12.2. The predicted molar refractivity (Wildman–Crippen MR) is 112 cm³/mol. The maximum atomic E-state index is 12.2. The molecule has 7 atom stereocenters. The van der Waals surface area contributed by atoms with Gasteiger partial charge in [-0.1, -0.05) is 40.5 Å². The molecule has 0 aliphatic heterocycles. The highest BCUT2D eigenvalue weighted by atomic mass is 79.9. The van der Waals surface area contributed by atoms with Crippen molar-refractivity contribution in [1.29, 1.82) is 0 Å². The molecule has 0 saturated heterocycles. The van der Waals surface area contributed by atoms with Gasteiger partial charge >= 0.3 is 5.97 Å². The van der Waals surface area contributed by atoms with E-state index in [4.69, 9.17) is 5.11 Å². The Kier molecular flexibility index (Phi) is 4.90. The lowest BCUT2D eigenvalue weighted by molar-refractivity contribution is -0.146. The monoisotopic (exact) mass is 467 g/mol. The van der Waals surface area contributed by atoms with E-state index in [-0.39, 0.29) is 35.9 Å². The van der Waals surface area contributed by atoms with Gasteiger partial charge in [0.2, 0.25) is 0 Å². The van der Waals surface area contributed by atoms with Crippen LogP contribution in [0.5, 0.6) is 0 Å². The average molecular weight is 468 g/mol. The Morgan fingerprint density at radius 2 is 1.97 bits per heavy atom. The molecule has 4 aliphatic rings. The number of carboxylic acids is 1. The quantitative estimate of drug-likeness (QED) is 0.471. The van der Waals surface area contributed by atoms with Crippen molar-refractivity contribution >= 4 is 27.7 Å². The number of hydrogen-bond donors (Lipinski definition) is 2. The first-order chi connectivity index (χ1) is 13.5. The molecule has 0 aromatic heterocycles. The number of carboxylic acid groups (broad SMARTS) is 1. The van der Waals surface area contributed by atoms with E-state index in [0.717, 1.165) is 24.8 Å². The Morgan fingerprint density at radius 1 is 1.24 bits per heavy atom. The van der Waals surface area contributed by atoms with Crippen molar-refractivity contribution in [2.24, 2.45) is 27.8 Å². The summed E-state index contributed by atoms with van der Waals surface area (Å²) in [5.41, 5.74) is -0.818. The second-order valence-corrected chi connectivity index (χ2v) is 11.5. The highest BCUT2D eigenvalue weighted by Crippen LogP contribution is 2.72. The normalized spacial score (nSPS) is 48.9. The van der Waals surface area contributed by atoms with Crippen LogP contribution in [0.1, 0.15) is 71.6 Å². The van der Waals surface area contributed by atoms with Crippen molar-refractivity contribution in [3.63, 3.8) is 0 Å². The first kappa shape index (κ1) is 21.2. The van der Waals surface area contributed by atoms with Crippen LogP contribution in [0.3, 0.4) is 0 Å². The molecule has 2 N–H and O–H groups in total. The van der Waals surface area contributed by atoms with Gasteiger partial charge in [0.05, 0.1) is 9.93 Å². The lowest BCUT2D eigenvalue weighted by atomic mass is 9.44. The molecule has 4 rings (SSSR count). The summed E-state index contributed by atoms with van der Waals surface area (Å²) in [5.74, 6) is -0.409. The highest BCUT2D eigenvalue weighted by Gasteiger charge is 2.72. The van der Waals surface area contributed by atoms with E-state index in [2.05, 4.69) is 28.0 Å². The Bertz CT molecular complexity index is 798. The zero-order valence-electron chi connectivity index (χ0n) is 17.1. The Balaban J connectivity index is 1.77. The summed E-state index contributed by atoms with van der Waals surface area (Å²) < 4.78 is -0.533. The van der Waals surface area contributed by atoms with Crippen LogP contribution in [0.2, 0.25) is 0 Å². The molecular weight excluding hydrogens is 438 g/mol. The smallest absolute Gasteiger partial charge is 0.303 e. The molecule has 160 valence electrons. The van der Waals surface area contributed by atoms with Crippen molar-refractivity contribution in [3.05, 3.63) is 16.6 Å². The number of fused-ring (bicyclic) bond motifs is 5. The van der Waals surface area contributed by atoms with Crippen LogP contribution < -0.4 is 0 Å². The SMILES string of the molecule is C[C@]12CCC(=O)C=C1CC[C@H]1[C@@H]3CC[C@](O)(CCC(=O)O)[C@@]3(C)CC(N=O)[C@@]12Br. The summed E-state index contributed by atoms with van der Waals surface area (Å²) in [6.45, 7) is 4.20. The van der Waals surface area contributed by atoms with Gasteiger partial charge in [-0.2, -0.15) is 4.91 Å². The lowest BCUT2D eigenvalue weighted by Gasteiger charge is -2.65. The maximum Gasteiger partial charge on any atom is 0.303 e. The van der Waals surface area contributed by atoms with Crippen molar-refractivity contribution < 1.29 is 19.8 Å². The van der Waals surface area contributed by atoms with Gasteiger partial charge in [-0.05, 0) is 62.9 Å². The Morgan fingerprint density at radius 3 is 2.62 bits per heavy atom. The van der Waals surface area contributed by atoms with Crippen LogP contribution in [0, 0.1) is 27.6 Å². The number of halogens is 1. The molecule has 29 heavy (non-hydrogen) atoms. The van der Waals surface area contributed by atoms with Crippen LogP contribution in [-0.4, -0.2) is 37.9 Å². The molecule has 4 aliphatic carbocycles. The van der Waals surface area contributed by atoms with E-state index >= 15 is 0 Å². The van der Waals surface area contributed by atoms with Gasteiger partial charge in [0.25, 0.3) is 0 Å². The fraction of sp³-hybridized carbons (Fsp3) is 0.818. The predicted octanol–water partition coefficient (Wildman–Crippen LogP) is 4.38. The molecule has 0 bridgehead atoms. The highest BCUT2D eigenvalue weighted by molar-refractivity contribution is 9.10. The van der Waals surface area contributed by atoms with E-state index in [9.17, 15) is 19.6 Å². The topological polar surface area (TPSA) is 104 Å². The number of ketones is 1. The summed E-state index contributed by atoms with van der Waals surface area (Å²) in [4.78, 5) is 35.4. The minimum Gasteiger partial charge on any atom is -0.481 e. The second kappa shape index (κ2) is 6.71. The van der Waals surface area contributed by atoms with E-state index in [1.807, 2.05) is 6.92 Å². The van der Waals surface area contributed by atoms with Gasteiger partial charge in [-0.15, -0.1) is 0 Å². The molecular formula is C22H30BrNO5. The third kappa shape index (κ3) is 2.68. The van der Waals surface area contributed by atoms with Crippen LogP contribution in [0.15, 0.2) is 16.8 Å². The van der Waals surface area contributed by atoms with Crippen LogP contribution in [0.4, 0.5) is 0 Å². The molecule has 7 heteroatoms. The summed E-state index contributed by atoms with van der Waals surface area (Å²) in [6, 6.07) is -0.537. The van der Waals surface area contributed by atoms with Gasteiger partial charge in [-0.25, -0.2) is 0 Å². The molecule has 0 aromatic rings. The van der Waals surface area contributed by atoms with Crippen molar-refractivity contribution in [3.8, 4) is 0 Å². The summed E-state index contributed by atoms with van der Waals surface area (Å²) >= 11 is 4.06. The molecule has 0 amide bonds. The minimum atomic E-state index is -1.09. The standard InChI is InChI=1S/C22H30BrNO5/c1-19-8-5-14(25)11-13(19)3-4-16-15-6-9-21(28,10-7-18(26)27)20(15,2)12-17(24-29)22(16,19)23/h11,15-17,28H,3-10,12H2,1-2H3,(H,26,27)/t15-,16-,17?,19-,20-,21-,22-/m0/s1. The molecule has 0 spiro atoms. The number of hydrogen-bond acceptors (Lipinski definition) is 5. The number of carbonyl (C=O) groups excluding carboxylic acids is 1. The van der Waals surface area contributed by atoms with Crippen molar-refractivity contribution in [2.45, 2.75) is 87.6 Å². The molecule has 0 heterocycles. The minimum absolute atomic E-state index is 0.0746. The fourth-order valence-corrected chi connectivity index (χ4v) is 8.75. The van der Waals surface area contributed by atoms with Crippen LogP contribution in [0.25, 0.3) is 0 Å². The zero-order chi connectivity index (χ0) is 21.2.